The van der Waals surface area contributed by atoms with Crippen molar-refractivity contribution in [1.82, 2.24) is 15.2 Å². The summed E-state index contributed by atoms with van der Waals surface area (Å²) in [5.74, 6) is 0. The summed E-state index contributed by atoms with van der Waals surface area (Å²) in [6.45, 7) is 14.2. The maximum absolute atomic E-state index is 4.57. The van der Waals surface area contributed by atoms with Crippen LogP contribution in [0.2, 0.25) is 0 Å². The smallest absolute Gasteiger partial charge is 0.0547 e. The molecule has 1 rings (SSSR count). The number of pyridine rings is 1. The SMILES string of the molecule is CCNC(CCN(C)Cc1cccc(C)n1)C(C)(C)C. The van der Waals surface area contributed by atoms with Gasteiger partial charge in [-0.2, -0.15) is 0 Å². The number of hydrogen-bond donors (Lipinski definition) is 1. The Kier molecular flexibility index (Phi) is 6.63. The van der Waals surface area contributed by atoms with Gasteiger partial charge in [-0.25, -0.2) is 0 Å². The first-order chi connectivity index (χ1) is 9.32. The number of nitrogens with zero attached hydrogens (tertiary/aromatic N) is 2. The molecule has 0 fully saturated rings. The molecular weight excluding hydrogens is 246 g/mol. The van der Waals surface area contributed by atoms with E-state index >= 15 is 0 Å². The van der Waals surface area contributed by atoms with Crippen molar-refractivity contribution in [2.75, 3.05) is 20.1 Å². The fraction of sp³-hybridized carbons (Fsp3) is 0.706. The molecule has 0 saturated carbocycles. The fourth-order valence-electron chi connectivity index (χ4n) is 2.48. The van der Waals surface area contributed by atoms with Crippen LogP contribution in [0.25, 0.3) is 0 Å². The van der Waals surface area contributed by atoms with Gasteiger partial charge in [-0.1, -0.05) is 33.8 Å². The average molecular weight is 277 g/mol. The van der Waals surface area contributed by atoms with Crippen LogP contribution in [-0.4, -0.2) is 36.1 Å². The summed E-state index contributed by atoms with van der Waals surface area (Å²) in [4.78, 5) is 6.93. The molecule has 1 atom stereocenters. The lowest BCUT2D eigenvalue weighted by atomic mass is 9.84. The lowest BCUT2D eigenvalue weighted by Gasteiger charge is -2.32. The summed E-state index contributed by atoms with van der Waals surface area (Å²) in [7, 11) is 2.18. The Balaban J connectivity index is 2.47. The molecule has 1 heterocycles. The summed E-state index contributed by atoms with van der Waals surface area (Å²) >= 11 is 0. The maximum Gasteiger partial charge on any atom is 0.0547 e. The third-order valence-corrected chi connectivity index (χ3v) is 3.67. The molecule has 0 aromatic carbocycles. The van der Waals surface area contributed by atoms with Gasteiger partial charge in [0.2, 0.25) is 0 Å². The number of aromatic nitrogens is 1. The minimum atomic E-state index is 0.304. The van der Waals surface area contributed by atoms with Gasteiger partial charge in [0.25, 0.3) is 0 Å². The molecule has 1 unspecified atom stereocenters. The first kappa shape index (κ1) is 17.1. The molecule has 0 radical (unpaired) electrons. The van der Waals surface area contributed by atoms with E-state index in [-0.39, 0.29) is 0 Å². The minimum Gasteiger partial charge on any atom is -0.314 e. The molecule has 3 nitrogen and oxygen atoms in total. The van der Waals surface area contributed by atoms with E-state index in [1.807, 2.05) is 13.0 Å². The van der Waals surface area contributed by atoms with Crippen molar-refractivity contribution in [3.05, 3.63) is 29.6 Å². The number of nitrogens with one attached hydrogen (secondary N) is 1. The van der Waals surface area contributed by atoms with Crippen molar-refractivity contribution in [1.29, 1.82) is 0 Å². The maximum atomic E-state index is 4.57. The summed E-state index contributed by atoms with van der Waals surface area (Å²) in [5, 5.41) is 3.61. The highest BCUT2D eigenvalue weighted by atomic mass is 15.1. The van der Waals surface area contributed by atoms with E-state index in [0.717, 1.165) is 31.0 Å². The Morgan fingerprint density at radius 2 is 2.00 bits per heavy atom. The van der Waals surface area contributed by atoms with Crippen LogP contribution >= 0.6 is 0 Å². The highest BCUT2D eigenvalue weighted by molar-refractivity contribution is 5.09. The van der Waals surface area contributed by atoms with Gasteiger partial charge in [-0.15, -0.1) is 0 Å². The number of hydrogen-bond acceptors (Lipinski definition) is 3. The first-order valence-corrected chi connectivity index (χ1v) is 7.67. The van der Waals surface area contributed by atoms with Crippen molar-refractivity contribution in [3.8, 4) is 0 Å². The van der Waals surface area contributed by atoms with Gasteiger partial charge in [0.15, 0.2) is 0 Å². The summed E-state index contributed by atoms with van der Waals surface area (Å²) < 4.78 is 0. The van der Waals surface area contributed by atoms with Crippen LogP contribution < -0.4 is 5.32 Å². The van der Waals surface area contributed by atoms with E-state index in [4.69, 9.17) is 0 Å². The molecule has 0 aliphatic rings. The fourth-order valence-corrected chi connectivity index (χ4v) is 2.48. The molecule has 114 valence electrons. The van der Waals surface area contributed by atoms with Crippen molar-refractivity contribution >= 4 is 0 Å². The molecular formula is C17H31N3. The van der Waals surface area contributed by atoms with E-state index in [2.05, 4.69) is 62.1 Å². The second-order valence-corrected chi connectivity index (χ2v) is 6.77. The third kappa shape index (κ3) is 6.02. The van der Waals surface area contributed by atoms with Gasteiger partial charge in [0.05, 0.1) is 5.69 Å². The summed E-state index contributed by atoms with van der Waals surface area (Å²) in [6.07, 6.45) is 1.17. The quantitative estimate of drug-likeness (QED) is 0.829. The zero-order valence-corrected chi connectivity index (χ0v) is 14.0. The lowest BCUT2D eigenvalue weighted by molar-refractivity contribution is 0.220. The van der Waals surface area contributed by atoms with E-state index in [1.165, 1.54) is 6.42 Å². The predicted molar refractivity (Wildman–Crippen MR) is 86.8 cm³/mol. The largest absolute Gasteiger partial charge is 0.314 e. The molecule has 1 aromatic heterocycles. The van der Waals surface area contributed by atoms with Crippen LogP contribution in [0.15, 0.2) is 18.2 Å². The molecule has 0 aliphatic heterocycles. The van der Waals surface area contributed by atoms with Gasteiger partial charge < -0.3 is 10.2 Å². The van der Waals surface area contributed by atoms with Crippen molar-refractivity contribution in [3.63, 3.8) is 0 Å². The Bertz CT molecular complexity index is 395. The van der Waals surface area contributed by atoms with Crippen LogP contribution in [0.5, 0.6) is 0 Å². The lowest BCUT2D eigenvalue weighted by Crippen LogP contribution is -2.42. The van der Waals surface area contributed by atoms with E-state index < -0.39 is 0 Å². The highest BCUT2D eigenvalue weighted by Gasteiger charge is 2.23. The normalized spacial score (nSPS) is 13.8. The van der Waals surface area contributed by atoms with E-state index in [1.54, 1.807) is 0 Å². The van der Waals surface area contributed by atoms with Crippen molar-refractivity contribution < 1.29 is 0 Å². The summed E-state index contributed by atoms with van der Waals surface area (Å²) in [5.41, 5.74) is 2.55. The van der Waals surface area contributed by atoms with Crippen molar-refractivity contribution in [2.24, 2.45) is 5.41 Å². The highest BCUT2D eigenvalue weighted by Crippen LogP contribution is 2.22. The van der Waals surface area contributed by atoms with Gasteiger partial charge in [-0.05, 0) is 51.0 Å². The molecule has 0 saturated heterocycles. The minimum absolute atomic E-state index is 0.304. The van der Waals surface area contributed by atoms with Crippen LogP contribution in [0, 0.1) is 12.3 Å². The van der Waals surface area contributed by atoms with Crippen LogP contribution in [0.3, 0.4) is 0 Å². The molecule has 0 bridgehead atoms. The molecule has 20 heavy (non-hydrogen) atoms. The monoisotopic (exact) mass is 277 g/mol. The number of aryl methyl sites for hydroxylation is 1. The second-order valence-electron chi connectivity index (χ2n) is 6.77. The van der Waals surface area contributed by atoms with Crippen LogP contribution in [0.1, 0.15) is 45.5 Å². The molecule has 1 N–H and O–H groups in total. The van der Waals surface area contributed by atoms with E-state index in [9.17, 15) is 0 Å². The van der Waals surface area contributed by atoms with Gasteiger partial charge in [0, 0.05) is 18.3 Å². The Hall–Kier alpha value is -0.930. The van der Waals surface area contributed by atoms with Gasteiger partial charge in [0.1, 0.15) is 0 Å². The Morgan fingerprint density at radius 3 is 2.55 bits per heavy atom. The standard InChI is InChI=1S/C17H31N3/c1-7-18-16(17(3,4)5)11-12-20(6)13-15-10-8-9-14(2)19-15/h8-10,16,18H,7,11-13H2,1-6H3. The van der Waals surface area contributed by atoms with Gasteiger partial charge in [-0.3, -0.25) is 4.98 Å². The molecule has 0 spiro atoms. The predicted octanol–water partition coefficient (Wildman–Crippen LogP) is 3.24. The second kappa shape index (κ2) is 7.75. The van der Waals surface area contributed by atoms with Crippen LogP contribution in [0.4, 0.5) is 0 Å². The molecule has 0 aliphatic carbocycles. The average Bonchev–Trinajstić information content (AvgIpc) is 2.33. The Morgan fingerprint density at radius 1 is 1.30 bits per heavy atom. The topological polar surface area (TPSA) is 28.2 Å². The molecule has 0 amide bonds. The summed E-state index contributed by atoms with van der Waals surface area (Å²) in [6, 6.07) is 6.79. The van der Waals surface area contributed by atoms with Crippen molar-refractivity contribution in [2.45, 2.75) is 53.6 Å². The van der Waals surface area contributed by atoms with Gasteiger partial charge >= 0.3 is 0 Å². The van der Waals surface area contributed by atoms with E-state index in [0.29, 0.717) is 11.5 Å². The number of rotatable bonds is 7. The van der Waals surface area contributed by atoms with Crippen LogP contribution in [-0.2, 0) is 6.54 Å². The third-order valence-electron chi connectivity index (χ3n) is 3.67. The Labute approximate surface area is 124 Å². The zero-order chi connectivity index (χ0) is 15.2. The zero-order valence-electron chi connectivity index (χ0n) is 14.0. The molecule has 1 aromatic rings. The first-order valence-electron chi connectivity index (χ1n) is 7.67. The molecule has 3 heteroatoms.